The van der Waals surface area contributed by atoms with Crippen molar-refractivity contribution in [2.75, 3.05) is 0 Å². The van der Waals surface area contributed by atoms with E-state index < -0.39 is 0 Å². The fraction of sp³-hybridized carbons (Fsp3) is 0.100. The second kappa shape index (κ2) is 3.77. The third-order valence-corrected chi connectivity index (χ3v) is 2.38. The Balaban J connectivity index is 2.61. The number of rotatable bonds is 2. The van der Waals surface area contributed by atoms with Gasteiger partial charge in [0.2, 0.25) is 0 Å². The Hall–Kier alpha value is -1.39. The number of nitrogens with one attached hydrogen (secondary N) is 1. The number of nitrogens with zero attached hydrogens (tertiary/aromatic N) is 1. The molecule has 1 aromatic heterocycles. The van der Waals surface area contributed by atoms with Gasteiger partial charge in [0.25, 0.3) is 0 Å². The molecule has 0 aliphatic heterocycles. The molecule has 0 bridgehead atoms. The smallest absolute Gasteiger partial charge is 0.182 e. The summed E-state index contributed by atoms with van der Waals surface area (Å²) in [6, 6.07) is 9.93. The molecular formula is C10H11N3S. The van der Waals surface area contributed by atoms with Gasteiger partial charge in [0, 0.05) is 18.4 Å². The molecule has 0 saturated carbocycles. The summed E-state index contributed by atoms with van der Waals surface area (Å²) in [6.07, 6.45) is 1.84. The van der Waals surface area contributed by atoms with Crippen molar-refractivity contribution < 1.29 is 0 Å². The van der Waals surface area contributed by atoms with Crippen LogP contribution in [0.4, 0.5) is 0 Å². The van der Waals surface area contributed by atoms with Crippen molar-refractivity contribution in [3.63, 3.8) is 0 Å². The number of H-pyrrole nitrogens is 1. The molecule has 0 spiro atoms. The van der Waals surface area contributed by atoms with E-state index in [0.717, 1.165) is 11.4 Å². The highest BCUT2D eigenvalue weighted by molar-refractivity contribution is 7.71. The molecule has 1 heterocycles. The normalized spacial score (nSPS) is 10.4. The second-order valence-electron chi connectivity index (χ2n) is 2.96. The van der Waals surface area contributed by atoms with E-state index in [1.54, 1.807) is 0 Å². The summed E-state index contributed by atoms with van der Waals surface area (Å²) in [4.78, 5) is 2.98. The number of aromatic amines is 1. The minimum Gasteiger partial charge on any atom is -0.337 e. The van der Waals surface area contributed by atoms with Crippen LogP contribution >= 0.6 is 12.2 Å². The first-order valence-electron chi connectivity index (χ1n) is 4.37. The topological polar surface area (TPSA) is 46.7 Å². The highest BCUT2D eigenvalue weighted by atomic mass is 32.1. The fourth-order valence-corrected chi connectivity index (χ4v) is 1.70. The summed E-state index contributed by atoms with van der Waals surface area (Å²) in [5.41, 5.74) is 7.64. The van der Waals surface area contributed by atoms with E-state index in [1.807, 2.05) is 41.1 Å². The molecular weight excluding hydrogens is 194 g/mol. The average Bonchev–Trinajstić information content (AvgIpc) is 2.61. The minimum atomic E-state index is 0.474. The largest absolute Gasteiger partial charge is 0.337 e. The standard InChI is InChI=1S/C10H11N3S/c11-6-9-7-12-10(14)13(9)8-4-2-1-3-5-8/h1-5,7H,6,11H2,(H,12,14). The Bertz CT molecular complexity index is 470. The average molecular weight is 205 g/mol. The predicted molar refractivity (Wildman–Crippen MR) is 58.8 cm³/mol. The predicted octanol–water partition coefficient (Wildman–Crippen LogP) is 1.99. The molecule has 14 heavy (non-hydrogen) atoms. The molecule has 4 heteroatoms. The van der Waals surface area contributed by atoms with Crippen LogP contribution in [-0.4, -0.2) is 9.55 Å². The summed E-state index contributed by atoms with van der Waals surface area (Å²) in [7, 11) is 0. The molecule has 0 aliphatic rings. The van der Waals surface area contributed by atoms with Gasteiger partial charge in [-0.1, -0.05) is 18.2 Å². The quantitative estimate of drug-likeness (QED) is 0.736. The van der Waals surface area contributed by atoms with Gasteiger partial charge in [0.05, 0.1) is 5.69 Å². The third kappa shape index (κ3) is 1.49. The summed E-state index contributed by atoms with van der Waals surface area (Å²) < 4.78 is 2.62. The molecule has 0 fully saturated rings. The maximum Gasteiger partial charge on any atom is 0.182 e. The number of para-hydroxylation sites is 1. The minimum absolute atomic E-state index is 0.474. The van der Waals surface area contributed by atoms with E-state index >= 15 is 0 Å². The summed E-state index contributed by atoms with van der Waals surface area (Å²) in [5.74, 6) is 0. The second-order valence-corrected chi connectivity index (χ2v) is 3.35. The van der Waals surface area contributed by atoms with Crippen LogP contribution in [0.15, 0.2) is 36.5 Å². The molecule has 0 radical (unpaired) electrons. The van der Waals surface area contributed by atoms with E-state index in [9.17, 15) is 0 Å². The molecule has 2 rings (SSSR count). The van der Waals surface area contributed by atoms with Crippen molar-refractivity contribution >= 4 is 12.2 Å². The van der Waals surface area contributed by atoms with Gasteiger partial charge < -0.3 is 10.7 Å². The monoisotopic (exact) mass is 205 g/mol. The Morgan fingerprint density at radius 2 is 2.00 bits per heavy atom. The molecule has 3 nitrogen and oxygen atoms in total. The zero-order chi connectivity index (χ0) is 9.97. The summed E-state index contributed by atoms with van der Waals surface area (Å²) >= 11 is 5.17. The highest BCUT2D eigenvalue weighted by Crippen LogP contribution is 2.11. The Kier molecular flexibility index (Phi) is 2.47. The number of nitrogens with two attached hydrogens (primary N) is 1. The first kappa shape index (κ1) is 9.18. The number of aromatic nitrogens is 2. The number of hydrogen-bond acceptors (Lipinski definition) is 2. The lowest BCUT2D eigenvalue weighted by molar-refractivity contribution is 0.900. The first-order chi connectivity index (χ1) is 6.83. The molecule has 2 aromatic rings. The van der Waals surface area contributed by atoms with E-state index in [0.29, 0.717) is 11.3 Å². The summed E-state index contributed by atoms with van der Waals surface area (Å²) in [6.45, 7) is 0.474. The Morgan fingerprint density at radius 1 is 1.29 bits per heavy atom. The van der Waals surface area contributed by atoms with Gasteiger partial charge in [-0.25, -0.2) is 0 Å². The highest BCUT2D eigenvalue weighted by Gasteiger charge is 2.03. The molecule has 0 atom stereocenters. The first-order valence-corrected chi connectivity index (χ1v) is 4.78. The van der Waals surface area contributed by atoms with Crippen molar-refractivity contribution in [1.29, 1.82) is 0 Å². The van der Waals surface area contributed by atoms with E-state index in [-0.39, 0.29) is 0 Å². The number of benzene rings is 1. The van der Waals surface area contributed by atoms with Crippen LogP contribution in [0.25, 0.3) is 5.69 Å². The molecule has 3 N–H and O–H groups in total. The van der Waals surface area contributed by atoms with Gasteiger partial charge in [-0.05, 0) is 24.4 Å². The van der Waals surface area contributed by atoms with Gasteiger partial charge in [-0.2, -0.15) is 0 Å². The fourth-order valence-electron chi connectivity index (χ4n) is 1.41. The Labute approximate surface area is 87.2 Å². The van der Waals surface area contributed by atoms with Gasteiger partial charge in [0.1, 0.15) is 0 Å². The molecule has 0 saturated heterocycles. The lowest BCUT2D eigenvalue weighted by Gasteiger charge is -2.05. The van der Waals surface area contributed by atoms with Crippen LogP contribution in [0.5, 0.6) is 0 Å². The molecule has 0 amide bonds. The zero-order valence-corrected chi connectivity index (χ0v) is 8.42. The van der Waals surface area contributed by atoms with Gasteiger partial charge in [0.15, 0.2) is 4.77 Å². The maximum absolute atomic E-state index is 5.61. The van der Waals surface area contributed by atoms with Crippen LogP contribution in [-0.2, 0) is 6.54 Å². The van der Waals surface area contributed by atoms with Crippen LogP contribution < -0.4 is 5.73 Å². The van der Waals surface area contributed by atoms with Crippen LogP contribution in [0.2, 0.25) is 0 Å². The van der Waals surface area contributed by atoms with Crippen molar-refractivity contribution in [2.24, 2.45) is 5.73 Å². The van der Waals surface area contributed by atoms with Crippen molar-refractivity contribution in [3.8, 4) is 5.69 Å². The van der Waals surface area contributed by atoms with Crippen LogP contribution in [0.3, 0.4) is 0 Å². The zero-order valence-electron chi connectivity index (χ0n) is 7.60. The molecule has 1 aromatic carbocycles. The number of imidazole rings is 1. The van der Waals surface area contributed by atoms with Gasteiger partial charge in [-0.15, -0.1) is 0 Å². The van der Waals surface area contributed by atoms with Crippen molar-refractivity contribution in [2.45, 2.75) is 6.54 Å². The lowest BCUT2D eigenvalue weighted by Crippen LogP contribution is -2.05. The van der Waals surface area contributed by atoms with Crippen molar-refractivity contribution in [1.82, 2.24) is 9.55 Å². The SMILES string of the molecule is NCc1c[nH]c(=S)n1-c1ccccc1. The molecule has 0 unspecified atom stereocenters. The van der Waals surface area contributed by atoms with Crippen LogP contribution in [0, 0.1) is 4.77 Å². The van der Waals surface area contributed by atoms with Gasteiger partial charge >= 0.3 is 0 Å². The third-order valence-electron chi connectivity index (χ3n) is 2.08. The summed E-state index contributed by atoms with van der Waals surface area (Å²) in [5, 5.41) is 0. The molecule has 72 valence electrons. The van der Waals surface area contributed by atoms with E-state index in [1.165, 1.54) is 0 Å². The lowest BCUT2D eigenvalue weighted by atomic mass is 10.3. The number of hydrogen-bond donors (Lipinski definition) is 2. The van der Waals surface area contributed by atoms with E-state index in [2.05, 4.69) is 4.98 Å². The molecule has 0 aliphatic carbocycles. The van der Waals surface area contributed by atoms with Crippen molar-refractivity contribution in [3.05, 3.63) is 47.0 Å². The van der Waals surface area contributed by atoms with E-state index in [4.69, 9.17) is 18.0 Å². The maximum atomic E-state index is 5.61. The Morgan fingerprint density at radius 3 is 2.64 bits per heavy atom. The van der Waals surface area contributed by atoms with Gasteiger partial charge in [-0.3, -0.25) is 4.57 Å². The van der Waals surface area contributed by atoms with Crippen LogP contribution in [0.1, 0.15) is 5.69 Å².